The Morgan fingerprint density at radius 2 is 1.52 bits per heavy atom. The third-order valence-electron chi connectivity index (χ3n) is 2.91. The molecule has 6 heteroatoms. The van der Waals surface area contributed by atoms with Crippen molar-refractivity contribution in [3.63, 3.8) is 0 Å². The summed E-state index contributed by atoms with van der Waals surface area (Å²) >= 11 is 5.80. The van der Waals surface area contributed by atoms with Gasteiger partial charge in [0.05, 0.1) is 6.61 Å². The standard InChI is InChI=1S/C17H19ClN2O3/c1-2-22-11-12-23-16-9-7-15(8-10-16)20-17(21)19-14-5-3-13(18)4-6-14/h3-10H,2,11-12H2,1H3,(H2,19,20,21). The van der Waals surface area contributed by atoms with Gasteiger partial charge in [0.1, 0.15) is 12.4 Å². The topological polar surface area (TPSA) is 59.6 Å². The number of carbonyl (C=O) groups is 1. The SMILES string of the molecule is CCOCCOc1ccc(NC(=O)Nc2ccc(Cl)cc2)cc1. The molecule has 2 N–H and O–H groups in total. The first-order valence-corrected chi connectivity index (χ1v) is 7.69. The van der Waals surface area contributed by atoms with Crippen LogP contribution in [0.25, 0.3) is 0 Å². The number of benzene rings is 2. The molecular weight excluding hydrogens is 316 g/mol. The summed E-state index contributed by atoms with van der Waals surface area (Å²) in [5.41, 5.74) is 1.34. The van der Waals surface area contributed by atoms with Gasteiger partial charge in [0.2, 0.25) is 0 Å². The predicted molar refractivity (Wildman–Crippen MR) is 92.5 cm³/mol. The van der Waals surface area contributed by atoms with Crippen LogP contribution in [-0.2, 0) is 4.74 Å². The summed E-state index contributed by atoms with van der Waals surface area (Å²) in [6, 6.07) is 13.7. The van der Waals surface area contributed by atoms with Gasteiger partial charge in [-0.3, -0.25) is 0 Å². The highest BCUT2D eigenvalue weighted by Gasteiger charge is 2.03. The van der Waals surface area contributed by atoms with Crippen molar-refractivity contribution >= 4 is 29.0 Å². The number of hydrogen-bond acceptors (Lipinski definition) is 3. The fraction of sp³-hybridized carbons (Fsp3) is 0.235. The number of hydrogen-bond donors (Lipinski definition) is 2. The first-order chi connectivity index (χ1) is 11.2. The molecular formula is C17H19ClN2O3. The molecule has 0 aliphatic rings. The first-order valence-electron chi connectivity index (χ1n) is 7.31. The van der Waals surface area contributed by atoms with E-state index < -0.39 is 0 Å². The molecule has 0 aliphatic carbocycles. The molecule has 2 amide bonds. The fourth-order valence-electron chi connectivity index (χ4n) is 1.82. The van der Waals surface area contributed by atoms with Crippen molar-refractivity contribution in [1.29, 1.82) is 0 Å². The molecule has 0 aliphatic heterocycles. The lowest BCUT2D eigenvalue weighted by Crippen LogP contribution is -2.19. The number of amides is 2. The highest BCUT2D eigenvalue weighted by atomic mass is 35.5. The average molecular weight is 335 g/mol. The Morgan fingerprint density at radius 3 is 2.09 bits per heavy atom. The molecule has 0 atom stereocenters. The zero-order valence-electron chi connectivity index (χ0n) is 12.8. The second kappa shape index (κ2) is 9.02. The van der Waals surface area contributed by atoms with Crippen molar-refractivity contribution in [2.45, 2.75) is 6.92 Å². The summed E-state index contributed by atoms with van der Waals surface area (Å²) in [6.07, 6.45) is 0. The second-order valence-electron chi connectivity index (χ2n) is 4.66. The number of ether oxygens (including phenoxy) is 2. The van der Waals surface area contributed by atoms with Gasteiger partial charge in [-0.05, 0) is 55.5 Å². The smallest absolute Gasteiger partial charge is 0.323 e. The third-order valence-corrected chi connectivity index (χ3v) is 3.17. The Hall–Kier alpha value is -2.24. The molecule has 2 rings (SSSR count). The summed E-state index contributed by atoms with van der Waals surface area (Å²) in [5, 5.41) is 6.09. The monoisotopic (exact) mass is 334 g/mol. The summed E-state index contributed by atoms with van der Waals surface area (Å²) in [7, 11) is 0. The number of carbonyl (C=O) groups excluding carboxylic acids is 1. The maximum atomic E-state index is 11.9. The lowest BCUT2D eigenvalue weighted by Gasteiger charge is -2.09. The maximum absolute atomic E-state index is 11.9. The van der Waals surface area contributed by atoms with Crippen molar-refractivity contribution < 1.29 is 14.3 Å². The predicted octanol–water partition coefficient (Wildman–Crippen LogP) is 4.40. The van der Waals surface area contributed by atoms with E-state index in [1.165, 1.54) is 0 Å². The number of urea groups is 1. The van der Waals surface area contributed by atoms with E-state index >= 15 is 0 Å². The van der Waals surface area contributed by atoms with E-state index in [4.69, 9.17) is 21.1 Å². The molecule has 0 radical (unpaired) electrons. The van der Waals surface area contributed by atoms with E-state index in [0.717, 1.165) is 5.75 Å². The van der Waals surface area contributed by atoms with E-state index in [1.807, 2.05) is 6.92 Å². The lowest BCUT2D eigenvalue weighted by molar-refractivity contribution is 0.110. The molecule has 0 saturated carbocycles. The molecule has 0 fully saturated rings. The van der Waals surface area contributed by atoms with Crippen LogP contribution < -0.4 is 15.4 Å². The zero-order chi connectivity index (χ0) is 16.5. The van der Waals surface area contributed by atoms with E-state index in [-0.39, 0.29) is 6.03 Å². The van der Waals surface area contributed by atoms with Crippen LogP contribution in [0.5, 0.6) is 5.75 Å². The minimum atomic E-state index is -0.322. The van der Waals surface area contributed by atoms with Gasteiger partial charge < -0.3 is 20.1 Å². The molecule has 0 spiro atoms. The van der Waals surface area contributed by atoms with Crippen LogP contribution in [0.2, 0.25) is 5.02 Å². The molecule has 122 valence electrons. The van der Waals surface area contributed by atoms with Gasteiger partial charge in [-0.1, -0.05) is 11.6 Å². The van der Waals surface area contributed by atoms with Gasteiger partial charge in [-0.2, -0.15) is 0 Å². The molecule has 0 bridgehead atoms. The molecule has 23 heavy (non-hydrogen) atoms. The van der Waals surface area contributed by atoms with E-state index in [1.54, 1.807) is 48.5 Å². The van der Waals surface area contributed by atoms with E-state index in [2.05, 4.69) is 10.6 Å². The van der Waals surface area contributed by atoms with Gasteiger partial charge in [0.15, 0.2) is 0 Å². The van der Waals surface area contributed by atoms with Crippen molar-refractivity contribution in [3.8, 4) is 5.75 Å². The molecule has 0 heterocycles. The Kier molecular flexibility index (Phi) is 6.72. The van der Waals surface area contributed by atoms with Crippen LogP contribution in [0.4, 0.5) is 16.2 Å². The normalized spacial score (nSPS) is 10.2. The number of rotatable bonds is 7. The van der Waals surface area contributed by atoms with E-state index in [9.17, 15) is 4.79 Å². The fourth-order valence-corrected chi connectivity index (χ4v) is 1.95. The largest absolute Gasteiger partial charge is 0.491 e. The van der Waals surface area contributed by atoms with Gasteiger partial charge in [0, 0.05) is 23.0 Å². The van der Waals surface area contributed by atoms with Crippen LogP contribution >= 0.6 is 11.6 Å². The summed E-state index contributed by atoms with van der Waals surface area (Å²) < 4.78 is 10.7. The maximum Gasteiger partial charge on any atom is 0.323 e. The molecule has 2 aromatic carbocycles. The van der Waals surface area contributed by atoms with Crippen LogP contribution in [0.1, 0.15) is 6.92 Å². The van der Waals surface area contributed by atoms with Gasteiger partial charge in [-0.25, -0.2) is 4.79 Å². The third kappa shape index (κ3) is 6.18. The van der Waals surface area contributed by atoms with E-state index in [0.29, 0.717) is 36.2 Å². The number of nitrogens with one attached hydrogen (secondary N) is 2. The van der Waals surface area contributed by atoms with Crippen LogP contribution in [0.15, 0.2) is 48.5 Å². The van der Waals surface area contributed by atoms with Crippen LogP contribution in [0, 0.1) is 0 Å². The first kappa shape index (κ1) is 17.1. The van der Waals surface area contributed by atoms with Crippen molar-refractivity contribution in [2.75, 3.05) is 30.5 Å². The van der Waals surface area contributed by atoms with Gasteiger partial charge in [0.25, 0.3) is 0 Å². The molecule has 0 aromatic heterocycles. The minimum Gasteiger partial charge on any atom is -0.491 e. The average Bonchev–Trinajstić information content (AvgIpc) is 2.55. The van der Waals surface area contributed by atoms with Gasteiger partial charge in [-0.15, -0.1) is 0 Å². The lowest BCUT2D eigenvalue weighted by atomic mass is 10.3. The summed E-state index contributed by atoms with van der Waals surface area (Å²) in [4.78, 5) is 11.9. The molecule has 2 aromatic rings. The van der Waals surface area contributed by atoms with Crippen LogP contribution in [-0.4, -0.2) is 25.9 Å². The Bertz CT molecular complexity index is 615. The van der Waals surface area contributed by atoms with Crippen molar-refractivity contribution in [1.82, 2.24) is 0 Å². The highest BCUT2D eigenvalue weighted by molar-refractivity contribution is 6.30. The molecule has 0 unspecified atom stereocenters. The summed E-state index contributed by atoms with van der Waals surface area (Å²) in [5.74, 6) is 0.730. The zero-order valence-corrected chi connectivity index (χ0v) is 13.6. The van der Waals surface area contributed by atoms with Crippen molar-refractivity contribution in [3.05, 3.63) is 53.6 Å². The highest BCUT2D eigenvalue weighted by Crippen LogP contribution is 2.17. The summed E-state index contributed by atoms with van der Waals surface area (Å²) in [6.45, 7) is 3.67. The number of halogens is 1. The quantitative estimate of drug-likeness (QED) is 0.738. The Balaban J connectivity index is 1.80. The second-order valence-corrected chi connectivity index (χ2v) is 5.09. The van der Waals surface area contributed by atoms with Crippen LogP contribution in [0.3, 0.4) is 0 Å². The molecule has 0 saturated heterocycles. The van der Waals surface area contributed by atoms with Gasteiger partial charge >= 0.3 is 6.03 Å². The Morgan fingerprint density at radius 1 is 0.957 bits per heavy atom. The minimum absolute atomic E-state index is 0.322. The van der Waals surface area contributed by atoms with Crippen molar-refractivity contribution in [2.24, 2.45) is 0 Å². The number of anilines is 2. The molecule has 5 nitrogen and oxygen atoms in total. The Labute approximate surface area is 140 Å².